The van der Waals surface area contributed by atoms with Gasteiger partial charge in [-0.1, -0.05) is 20.8 Å². The smallest absolute Gasteiger partial charge is 0.235 e. The number of carbonyl (C=O) groups excluding carboxylic acids is 1. The molecule has 0 radical (unpaired) electrons. The standard InChI is InChI=1S/C13H27N3O/c1-4-7-16(8-11-5-6-11)9-12(13(14)17)15-10(2)3/h10-12,15H,4-9H2,1-3H3,(H2,14,17). The molecule has 1 fully saturated rings. The minimum absolute atomic E-state index is 0.222. The van der Waals surface area contributed by atoms with Crippen molar-refractivity contribution in [3.63, 3.8) is 0 Å². The fourth-order valence-electron chi connectivity index (χ4n) is 2.12. The highest BCUT2D eigenvalue weighted by molar-refractivity contribution is 5.80. The van der Waals surface area contributed by atoms with Crippen LogP contribution < -0.4 is 11.1 Å². The molecule has 1 saturated carbocycles. The fourth-order valence-corrected chi connectivity index (χ4v) is 2.12. The third kappa shape index (κ3) is 6.03. The van der Waals surface area contributed by atoms with Crippen molar-refractivity contribution in [1.29, 1.82) is 0 Å². The summed E-state index contributed by atoms with van der Waals surface area (Å²) in [6, 6.07) is 0.0669. The van der Waals surface area contributed by atoms with E-state index in [1.807, 2.05) is 13.8 Å². The summed E-state index contributed by atoms with van der Waals surface area (Å²) in [6.07, 6.45) is 3.82. The summed E-state index contributed by atoms with van der Waals surface area (Å²) in [4.78, 5) is 13.8. The van der Waals surface area contributed by atoms with Crippen molar-refractivity contribution in [2.45, 2.75) is 52.1 Å². The minimum atomic E-state index is -0.240. The van der Waals surface area contributed by atoms with Crippen LogP contribution in [0, 0.1) is 5.92 Å². The Hall–Kier alpha value is -0.610. The summed E-state index contributed by atoms with van der Waals surface area (Å²) in [5.74, 6) is 0.615. The lowest BCUT2D eigenvalue weighted by Crippen LogP contribution is -2.51. The maximum Gasteiger partial charge on any atom is 0.235 e. The molecule has 4 heteroatoms. The Kier molecular flexibility index (Phi) is 5.92. The van der Waals surface area contributed by atoms with Gasteiger partial charge in [-0.25, -0.2) is 0 Å². The zero-order valence-corrected chi connectivity index (χ0v) is 11.4. The highest BCUT2D eigenvalue weighted by Gasteiger charge is 2.26. The number of nitrogens with one attached hydrogen (secondary N) is 1. The maximum absolute atomic E-state index is 11.4. The number of primary amides is 1. The van der Waals surface area contributed by atoms with Gasteiger partial charge in [0.2, 0.25) is 5.91 Å². The van der Waals surface area contributed by atoms with Gasteiger partial charge in [-0.2, -0.15) is 0 Å². The van der Waals surface area contributed by atoms with Gasteiger partial charge in [0.25, 0.3) is 0 Å². The summed E-state index contributed by atoms with van der Waals surface area (Å²) < 4.78 is 0. The lowest BCUT2D eigenvalue weighted by Gasteiger charge is -2.27. The predicted octanol–water partition coefficient (Wildman–Crippen LogP) is 0.960. The Morgan fingerprint density at radius 3 is 2.53 bits per heavy atom. The van der Waals surface area contributed by atoms with Crippen LogP contribution in [0.3, 0.4) is 0 Å². The van der Waals surface area contributed by atoms with Crippen molar-refractivity contribution >= 4 is 5.91 Å². The Balaban J connectivity index is 2.44. The number of hydrogen-bond donors (Lipinski definition) is 2. The summed E-state index contributed by atoms with van der Waals surface area (Å²) in [6.45, 7) is 9.19. The molecule has 0 saturated heterocycles. The van der Waals surface area contributed by atoms with Crippen LogP contribution in [0.25, 0.3) is 0 Å². The Labute approximate surface area is 105 Å². The molecule has 4 nitrogen and oxygen atoms in total. The van der Waals surface area contributed by atoms with Gasteiger partial charge in [0, 0.05) is 19.1 Å². The number of nitrogens with zero attached hydrogens (tertiary/aromatic N) is 1. The number of carbonyl (C=O) groups is 1. The Morgan fingerprint density at radius 1 is 1.47 bits per heavy atom. The van der Waals surface area contributed by atoms with E-state index >= 15 is 0 Å². The second-order valence-electron chi connectivity index (χ2n) is 5.48. The minimum Gasteiger partial charge on any atom is -0.368 e. The van der Waals surface area contributed by atoms with Gasteiger partial charge in [0.15, 0.2) is 0 Å². The van der Waals surface area contributed by atoms with Crippen LogP contribution in [-0.4, -0.2) is 42.5 Å². The van der Waals surface area contributed by atoms with Crippen LogP contribution in [0.4, 0.5) is 0 Å². The van der Waals surface area contributed by atoms with Crippen LogP contribution >= 0.6 is 0 Å². The monoisotopic (exact) mass is 241 g/mol. The van der Waals surface area contributed by atoms with E-state index < -0.39 is 0 Å². The highest BCUT2D eigenvalue weighted by Crippen LogP contribution is 2.29. The molecule has 0 aromatic carbocycles. The molecule has 3 N–H and O–H groups in total. The van der Waals surface area contributed by atoms with Crippen molar-refractivity contribution in [1.82, 2.24) is 10.2 Å². The Bertz CT molecular complexity index is 239. The molecule has 0 aromatic heterocycles. The van der Waals surface area contributed by atoms with Crippen LogP contribution in [0.15, 0.2) is 0 Å². The van der Waals surface area contributed by atoms with E-state index in [-0.39, 0.29) is 18.0 Å². The molecule has 0 aliphatic heterocycles. The molecule has 1 amide bonds. The third-order valence-electron chi connectivity index (χ3n) is 3.07. The second-order valence-corrected chi connectivity index (χ2v) is 5.48. The summed E-state index contributed by atoms with van der Waals surface area (Å²) in [7, 11) is 0. The number of nitrogens with two attached hydrogens (primary N) is 1. The molecule has 1 atom stereocenters. The van der Waals surface area contributed by atoms with Gasteiger partial charge in [0.1, 0.15) is 0 Å². The van der Waals surface area contributed by atoms with Crippen molar-refractivity contribution in [2.75, 3.05) is 19.6 Å². The van der Waals surface area contributed by atoms with Gasteiger partial charge in [-0.3, -0.25) is 4.79 Å². The van der Waals surface area contributed by atoms with E-state index in [0.717, 1.165) is 32.0 Å². The molecule has 0 bridgehead atoms. The molecule has 0 spiro atoms. The van der Waals surface area contributed by atoms with Crippen molar-refractivity contribution in [2.24, 2.45) is 11.7 Å². The first-order valence-electron chi connectivity index (χ1n) is 6.80. The van der Waals surface area contributed by atoms with E-state index in [1.165, 1.54) is 12.8 Å². The molecule has 0 heterocycles. The van der Waals surface area contributed by atoms with E-state index in [2.05, 4.69) is 17.1 Å². The molecule has 0 aromatic rings. The molecular weight excluding hydrogens is 214 g/mol. The first-order valence-corrected chi connectivity index (χ1v) is 6.80. The predicted molar refractivity (Wildman–Crippen MR) is 70.7 cm³/mol. The molecule has 1 aliphatic rings. The fraction of sp³-hybridized carbons (Fsp3) is 0.923. The van der Waals surface area contributed by atoms with E-state index in [9.17, 15) is 4.79 Å². The normalized spacial score (nSPS) is 17.7. The first-order chi connectivity index (χ1) is 8.02. The largest absolute Gasteiger partial charge is 0.368 e. The van der Waals surface area contributed by atoms with E-state index in [4.69, 9.17) is 5.73 Å². The lowest BCUT2D eigenvalue weighted by molar-refractivity contribution is -0.120. The van der Waals surface area contributed by atoms with Crippen LogP contribution in [-0.2, 0) is 4.79 Å². The molecule has 100 valence electrons. The SMILES string of the molecule is CCCN(CC1CC1)CC(NC(C)C)C(N)=O. The average Bonchev–Trinajstić information content (AvgIpc) is 3.00. The highest BCUT2D eigenvalue weighted by atomic mass is 16.1. The van der Waals surface area contributed by atoms with Gasteiger partial charge in [0.05, 0.1) is 6.04 Å². The molecular formula is C13H27N3O. The Morgan fingerprint density at radius 2 is 2.12 bits per heavy atom. The van der Waals surface area contributed by atoms with Crippen LogP contribution in [0.5, 0.6) is 0 Å². The zero-order valence-electron chi connectivity index (χ0n) is 11.4. The van der Waals surface area contributed by atoms with Crippen molar-refractivity contribution in [3.05, 3.63) is 0 Å². The second kappa shape index (κ2) is 6.97. The zero-order chi connectivity index (χ0) is 12.8. The van der Waals surface area contributed by atoms with Crippen LogP contribution in [0.1, 0.15) is 40.0 Å². The summed E-state index contributed by atoms with van der Waals surface area (Å²) in [5, 5.41) is 3.25. The van der Waals surface area contributed by atoms with E-state index in [0.29, 0.717) is 0 Å². The van der Waals surface area contributed by atoms with Gasteiger partial charge in [-0.15, -0.1) is 0 Å². The summed E-state index contributed by atoms with van der Waals surface area (Å²) in [5.41, 5.74) is 5.45. The number of hydrogen-bond acceptors (Lipinski definition) is 3. The quantitative estimate of drug-likeness (QED) is 0.632. The van der Waals surface area contributed by atoms with Crippen LogP contribution in [0.2, 0.25) is 0 Å². The third-order valence-corrected chi connectivity index (χ3v) is 3.07. The first kappa shape index (κ1) is 14.5. The van der Waals surface area contributed by atoms with Gasteiger partial charge in [-0.05, 0) is 31.7 Å². The van der Waals surface area contributed by atoms with E-state index in [1.54, 1.807) is 0 Å². The molecule has 1 rings (SSSR count). The maximum atomic E-state index is 11.4. The van der Waals surface area contributed by atoms with Crippen molar-refractivity contribution in [3.8, 4) is 0 Å². The molecule has 17 heavy (non-hydrogen) atoms. The van der Waals surface area contributed by atoms with Gasteiger partial charge >= 0.3 is 0 Å². The topological polar surface area (TPSA) is 58.4 Å². The van der Waals surface area contributed by atoms with Gasteiger partial charge < -0.3 is 16.0 Å². The molecule has 1 unspecified atom stereocenters. The lowest BCUT2D eigenvalue weighted by atomic mass is 10.2. The number of rotatable bonds is 9. The van der Waals surface area contributed by atoms with Crippen molar-refractivity contribution < 1.29 is 4.79 Å². The average molecular weight is 241 g/mol. The summed E-state index contributed by atoms with van der Waals surface area (Å²) >= 11 is 0. The number of amides is 1. The molecule has 1 aliphatic carbocycles.